The molecule has 122 valence electrons. The largest absolute Gasteiger partial charge is 0.494 e. The van der Waals surface area contributed by atoms with Gasteiger partial charge in [-0.05, 0) is 61.8 Å². The van der Waals surface area contributed by atoms with Crippen LogP contribution >= 0.6 is 12.2 Å². The van der Waals surface area contributed by atoms with Crippen molar-refractivity contribution in [3.8, 4) is 5.75 Å². The Hall–Kier alpha value is -2.07. The second-order valence-corrected chi connectivity index (χ2v) is 6.02. The Labute approximate surface area is 144 Å². The van der Waals surface area contributed by atoms with Crippen LogP contribution in [0.4, 0.5) is 5.69 Å². The van der Waals surface area contributed by atoms with Crippen LogP contribution in [0.1, 0.15) is 23.6 Å². The smallest absolute Gasteiger partial charge is 0.173 e. The average molecular weight is 328 g/mol. The van der Waals surface area contributed by atoms with Crippen molar-refractivity contribution >= 4 is 23.0 Å². The van der Waals surface area contributed by atoms with E-state index in [1.54, 1.807) is 0 Å². The van der Waals surface area contributed by atoms with Crippen LogP contribution in [0, 0.1) is 13.8 Å². The second kappa shape index (κ2) is 7.97. The minimum atomic E-state index is 0.684. The first-order chi connectivity index (χ1) is 11.0. The Balaban J connectivity index is 1.99. The quantitative estimate of drug-likeness (QED) is 0.815. The Morgan fingerprint density at radius 2 is 1.70 bits per heavy atom. The summed E-state index contributed by atoms with van der Waals surface area (Å²) in [5.74, 6) is 0.898. The molecule has 0 fully saturated rings. The van der Waals surface area contributed by atoms with Crippen molar-refractivity contribution in [3.63, 3.8) is 0 Å². The van der Waals surface area contributed by atoms with E-state index in [1.165, 1.54) is 16.7 Å². The molecule has 2 aromatic rings. The van der Waals surface area contributed by atoms with E-state index in [9.17, 15) is 0 Å². The molecule has 0 aromatic heterocycles. The fourth-order valence-electron chi connectivity index (χ4n) is 2.42. The predicted molar refractivity (Wildman–Crippen MR) is 101 cm³/mol. The zero-order chi connectivity index (χ0) is 16.8. The number of hydrogen-bond donors (Lipinski definition) is 1. The van der Waals surface area contributed by atoms with Crippen LogP contribution < -0.4 is 10.1 Å². The van der Waals surface area contributed by atoms with E-state index >= 15 is 0 Å². The summed E-state index contributed by atoms with van der Waals surface area (Å²) in [6.45, 7) is 7.60. The molecule has 0 radical (unpaired) electrons. The lowest BCUT2D eigenvalue weighted by molar-refractivity contribution is 0.340. The van der Waals surface area contributed by atoms with Gasteiger partial charge in [-0.15, -0.1) is 0 Å². The van der Waals surface area contributed by atoms with Crippen LogP contribution in [0.25, 0.3) is 0 Å². The van der Waals surface area contributed by atoms with E-state index in [1.807, 2.05) is 31.0 Å². The normalized spacial score (nSPS) is 10.3. The summed E-state index contributed by atoms with van der Waals surface area (Å²) in [6.07, 6.45) is 0. The van der Waals surface area contributed by atoms with Crippen molar-refractivity contribution in [2.45, 2.75) is 27.3 Å². The van der Waals surface area contributed by atoms with Crippen LogP contribution in [0.15, 0.2) is 42.5 Å². The number of hydrogen-bond acceptors (Lipinski definition) is 2. The predicted octanol–water partition coefficient (Wildman–Crippen LogP) is 4.53. The molecule has 0 saturated carbocycles. The molecular formula is C19H24N2OS. The highest BCUT2D eigenvalue weighted by molar-refractivity contribution is 7.80. The third kappa shape index (κ3) is 4.70. The number of ether oxygens (including phenoxy) is 1. The highest BCUT2D eigenvalue weighted by atomic mass is 32.1. The minimum Gasteiger partial charge on any atom is -0.494 e. The maximum Gasteiger partial charge on any atom is 0.173 e. The first-order valence-electron chi connectivity index (χ1n) is 7.81. The molecular weight excluding hydrogens is 304 g/mol. The van der Waals surface area contributed by atoms with Crippen molar-refractivity contribution in [2.24, 2.45) is 0 Å². The molecule has 3 nitrogen and oxygen atoms in total. The highest BCUT2D eigenvalue weighted by Crippen LogP contribution is 2.20. The standard InChI is InChI=1S/C19H24N2OS/c1-5-22-17-11-9-16(10-12-17)13-21(4)19(23)20-18-14(2)7-6-8-15(18)3/h6-12H,5,13H2,1-4H3,(H,20,23). The fraction of sp³-hybridized carbons (Fsp3) is 0.316. The van der Waals surface area contributed by atoms with E-state index in [4.69, 9.17) is 17.0 Å². The molecule has 23 heavy (non-hydrogen) atoms. The summed E-state index contributed by atoms with van der Waals surface area (Å²) in [7, 11) is 2.00. The lowest BCUT2D eigenvalue weighted by Crippen LogP contribution is -2.31. The van der Waals surface area contributed by atoms with Gasteiger partial charge < -0.3 is 15.0 Å². The number of anilines is 1. The number of benzene rings is 2. The molecule has 0 aliphatic carbocycles. The topological polar surface area (TPSA) is 24.5 Å². The summed E-state index contributed by atoms with van der Waals surface area (Å²) >= 11 is 5.53. The van der Waals surface area contributed by atoms with Crippen LogP contribution in [-0.4, -0.2) is 23.7 Å². The number of thiocarbonyl (C=S) groups is 1. The van der Waals surface area contributed by atoms with Crippen LogP contribution in [0.3, 0.4) is 0 Å². The molecule has 0 bridgehead atoms. The number of nitrogens with zero attached hydrogens (tertiary/aromatic N) is 1. The fourth-order valence-corrected chi connectivity index (χ4v) is 2.58. The summed E-state index contributed by atoms with van der Waals surface area (Å²) < 4.78 is 5.47. The summed E-state index contributed by atoms with van der Waals surface area (Å²) in [5.41, 5.74) is 4.68. The second-order valence-electron chi connectivity index (χ2n) is 5.63. The molecule has 2 rings (SSSR count). The SMILES string of the molecule is CCOc1ccc(CN(C)C(=S)Nc2c(C)cccc2C)cc1. The van der Waals surface area contributed by atoms with Gasteiger partial charge in [0.15, 0.2) is 5.11 Å². The molecule has 0 aliphatic rings. The third-order valence-electron chi connectivity index (χ3n) is 3.71. The molecule has 0 saturated heterocycles. The average Bonchev–Trinajstić information content (AvgIpc) is 2.53. The molecule has 0 heterocycles. The van der Waals surface area contributed by atoms with Crippen molar-refractivity contribution in [1.29, 1.82) is 0 Å². The van der Waals surface area contributed by atoms with Crippen molar-refractivity contribution < 1.29 is 4.74 Å². The minimum absolute atomic E-state index is 0.684. The van der Waals surface area contributed by atoms with Gasteiger partial charge in [0.25, 0.3) is 0 Å². The van der Waals surface area contributed by atoms with Gasteiger partial charge in [-0.2, -0.15) is 0 Å². The van der Waals surface area contributed by atoms with Crippen LogP contribution in [0.2, 0.25) is 0 Å². The van der Waals surface area contributed by atoms with Crippen molar-refractivity contribution in [1.82, 2.24) is 4.90 Å². The van der Waals surface area contributed by atoms with Gasteiger partial charge in [0.05, 0.1) is 6.61 Å². The Morgan fingerprint density at radius 1 is 1.09 bits per heavy atom. The van der Waals surface area contributed by atoms with Gasteiger partial charge in [-0.1, -0.05) is 30.3 Å². The summed E-state index contributed by atoms with van der Waals surface area (Å²) in [4.78, 5) is 2.04. The van der Waals surface area contributed by atoms with E-state index in [-0.39, 0.29) is 0 Å². The molecule has 0 unspecified atom stereocenters. The Kier molecular flexibility index (Phi) is 5.99. The zero-order valence-corrected chi connectivity index (χ0v) is 15.0. The highest BCUT2D eigenvalue weighted by Gasteiger charge is 2.09. The van der Waals surface area contributed by atoms with Gasteiger partial charge in [0, 0.05) is 19.3 Å². The number of nitrogens with one attached hydrogen (secondary N) is 1. The van der Waals surface area contributed by atoms with Crippen LogP contribution in [-0.2, 0) is 6.54 Å². The maximum absolute atomic E-state index is 5.53. The number of para-hydroxylation sites is 1. The molecule has 0 aliphatic heterocycles. The van der Waals surface area contributed by atoms with Crippen molar-refractivity contribution in [2.75, 3.05) is 19.0 Å². The van der Waals surface area contributed by atoms with E-state index in [0.29, 0.717) is 6.61 Å². The van der Waals surface area contributed by atoms with Gasteiger partial charge >= 0.3 is 0 Å². The van der Waals surface area contributed by atoms with Gasteiger partial charge in [0.2, 0.25) is 0 Å². The van der Waals surface area contributed by atoms with E-state index in [2.05, 4.69) is 49.5 Å². The number of aryl methyl sites for hydroxylation is 2. The van der Waals surface area contributed by atoms with Crippen LogP contribution in [0.5, 0.6) is 5.75 Å². The molecule has 0 amide bonds. The van der Waals surface area contributed by atoms with Gasteiger partial charge in [-0.3, -0.25) is 0 Å². The number of rotatable bonds is 5. The Morgan fingerprint density at radius 3 is 2.26 bits per heavy atom. The van der Waals surface area contributed by atoms with E-state index < -0.39 is 0 Å². The lowest BCUT2D eigenvalue weighted by atomic mass is 10.1. The summed E-state index contributed by atoms with van der Waals surface area (Å²) in [6, 6.07) is 14.4. The van der Waals surface area contributed by atoms with Crippen molar-refractivity contribution in [3.05, 3.63) is 59.2 Å². The first kappa shape index (κ1) is 17.3. The van der Waals surface area contributed by atoms with Gasteiger partial charge in [0.1, 0.15) is 5.75 Å². The monoisotopic (exact) mass is 328 g/mol. The molecule has 1 N–H and O–H groups in total. The molecule has 0 spiro atoms. The van der Waals surface area contributed by atoms with E-state index in [0.717, 1.165) is 23.1 Å². The Bertz CT molecular complexity index is 647. The lowest BCUT2D eigenvalue weighted by Gasteiger charge is -2.23. The first-order valence-corrected chi connectivity index (χ1v) is 8.22. The molecule has 4 heteroatoms. The molecule has 2 aromatic carbocycles. The summed E-state index contributed by atoms with van der Waals surface area (Å²) in [5, 5.41) is 4.08. The zero-order valence-electron chi connectivity index (χ0n) is 14.2. The maximum atomic E-state index is 5.53. The van der Waals surface area contributed by atoms with Gasteiger partial charge in [-0.25, -0.2) is 0 Å². The third-order valence-corrected chi connectivity index (χ3v) is 4.13. The molecule has 0 atom stereocenters.